The van der Waals surface area contributed by atoms with Gasteiger partial charge in [-0.05, 0) is 41.6 Å². The number of carbonyl (C=O) groups is 1. The number of amides is 1. The summed E-state index contributed by atoms with van der Waals surface area (Å²) in [7, 11) is -3.17. The Labute approximate surface area is 228 Å². The Kier molecular flexibility index (Phi) is 7.89. The average Bonchev–Trinajstić information content (AvgIpc) is 2.88. The minimum absolute atomic E-state index is 0.00536. The zero-order chi connectivity index (χ0) is 27.6. The highest BCUT2D eigenvalue weighted by Crippen LogP contribution is 2.42. The van der Waals surface area contributed by atoms with E-state index in [1.54, 1.807) is 49.4 Å². The highest BCUT2D eigenvalue weighted by Gasteiger charge is 2.22. The maximum Gasteiger partial charge on any atom is 0.296 e. The number of phenolic OH excluding ortho intramolecular Hbond substituents is 1. The van der Waals surface area contributed by atoms with Crippen LogP contribution in [-0.2, 0) is 16.5 Å². The molecule has 0 bridgehead atoms. The van der Waals surface area contributed by atoms with Gasteiger partial charge in [0.05, 0.1) is 23.4 Å². The first-order chi connectivity index (χ1) is 18.1. The van der Waals surface area contributed by atoms with Crippen LogP contribution in [0.2, 0.25) is 10.0 Å². The van der Waals surface area contributed by atoms with Crippen LogP contribution in [0.3, 0.4) is 0 Å². The van der Waals surface area contributed by atoms with Crippen molar-refractivity contribution >= 4 is 67.1 Å². The molecule has 0 atom stereocenters. The van der Waals surface area contributed by atoms with Gasteiger partial charge in [-0.1, -0.05) is 66.5 Å². The van der Waals surface area contributed by atoms with Gasteiger partial charge >= 0.3 is 0 Å². The quantitative estimate of drug-likeness (QED) is 0.156. The number of rotatable bonds is 7. The first-order valence-corrected chi connectivity index (χ1v) is 13.4. The third-order valence-corrected chi connectivity index (χ3v) is 7.52. The molecule has 9 nitrogen and oxygen atoms in total. The number of methoxy groups -OCH3 is 1. The fourth-order valence-electron chi connectivity index (χ4n) is 3.83. The molecule has 0 aliphatic carbocycles. The number of phenols is 1. The molecule has 12 heteroatoms. The smallest absolute Gasteiger partial charge is 0.296 e. The fraction of sp³-hybridized carbons (Fsp3) is 0.115. The number of nitrogens with zero attached hydrogens (tertiary/aromatic N) is 2. The van der Waals surface area contributed by atoms with Crippen molar-refractivity contribution in [1.82, 2.24) is 0 Å². The molecule has 0 radical (unpaired) electrons. The van der Waals surface area contributed by atoms with Crippen LogP contribution < -0.4 is 10.1 Å². The number of azo groups is 1. The van der Waals surface area contributed by atoms with Crippen molar-refractivity contribution in [2.75, 3.05) is 12.4 Å². The molecule has 0 fully saturated rings. The molecule has 4 rings (SSSR count). The van der Waals surface area contributed by atoms with Gasteiger partial charge in [0.1, 0.15) is 27.0 Å². The van der Waals surface area contributed by atoms with Crippen LogP contribution in [0.1, 0.15) is 22.8 Å². The second kappa shape index (κ2) is 11.0. The van der Waals surface area contributed by atoms with Crippen LogP contribution in [0.5, 0.6) is 11.5 Å². The molecule has 38 heavy (non-hydrogen) atoms. The Hall–Kier alpha value is -3.70. The van der Waals surface area contributed by atoms with E-state index in [4.69, 9.17) is 27.9 Å². The summed E-state index contributed by atoms with van der Waals surface area (Å²) in [4.78, 5) is 12.7. The SMILES string of the molecule is CCc1ccc(S(=O)(=O)O)c(Cl)c1N=Nc1c(O)c(C(=O)Nc2cccc(OC)c2Cl)cc2ccccc12. The van der Waals surface area contributed by atoms with E-state index in [2.05, 4.69) is 15.5 Å². The van der Waals surface area contributed by atoms with E-state index in [0.717, 1.165) is 0 Å². The number of aromatic hydroxyl groups is 1. The minimum atomic E-state index is -4.62. The van der Waals surface area contributed by atoms with Gasteiger partial charge < -0.3 is 15.2 Å². The van der Waals surface area contributed by atoms with E-state index in [9.17, 15) is 22.9 Å². The second-order valence-electron chi connectivity index (χ2n) is 8.03. The molecule has 0 saturated heterocycles. The Bertz CT molecular complexity index is 1710. The van der Waals surface area contributed by atoms with Crippen LogP contribution in [0, 0.1) is 0 Å². The number of anilines is 1. The summed E-state index contributed by atoms with van der Waals surface area (Å²) in [5.41, 5.74) is 0.681. The van der Waals surface area contributed by atoms with E-state index in [0.29, 0.717) is 28.5 Å². The number of hydrogen-bond acceptors (Lipinski definition) is 7. The van der Waals surface area contributed by atoms with Crippen molar-refractivity contribution in [3.63, 3.8) is 0 Å². The molecule has 0 saturated carbocycles. The van der Waals surface area contributed by atoms with Gasteiger partial charge in [0, 0.05) is 5.39 Å². The van der Waals surface area contributed by atoms with E-state index in [1.807, 2.05) is 0 Å². The lowest BCUT2D eigenvalue weighted by atomic mass is 10.0. The molecule has 4 aromatic carbocycles. The Morgan fingerprint density at radius 1 is 1.00 bits per heavy atom. The van der Waals surface area contributed by atoms with Crippen LogP contribution in [0.25, 0.3) is 10.8 Å². The predicted octanol–water partition coefficient (Wildman–Crippen LogP) is 7.34. The van der Waals surface area contributed by atoms with Crippen molar-refractivity contribution < 1.29 is 27.6 Å². The van der Waals surface area contributed by atoms with Crippen molar-refractivity contribution in [1.29, 1.82) is 0 Å². The fourth-order valence-corrected chi connectivity index (χ4v) is 5.15. The summed E-state index contributed by atoms with van der Waals surface area (Å²) < 4.78 is 38.2. The molecule has 0 aromatic heterocycles. The maximum absolute atomic E-state index is 13.2. The van der Waals surface area contributed by atoms with Crippen molar-refractivity contribution in [3.05, 3.63) is 81.8 Å². The molecule has 0 aliphatic heterocycles. The van der Waals surface area contributed by atoms with Crippen molar-refractivity contribution in [3.8, 4) is 11.5 Å². The number of nitrogens with one attached hydrogen (secondary N) is 1. The van der Waals surface area contributed by atoms with Gasteiger partial charge in [-0.3, -0.25) is 9.35 Å². The first-order valence-electron chi connectivity index (χ1n) is 11.2. The molecule has 0 aliphatic rings. The molecule has 0 heterocycles. The van der Waals surface area contributed by atoms with Gasteiger partial charge in [0.25, 0.3) is 16.0 Å². The number of benzene rings is 4. The van der Waals surface area contributed by atoms with Gasteiger partial charge in [-0.25, -0.2) is 0 Å². The van der Waals surface area contributed by atoms with Gasteiger partial charge in [-0.2, -0.15) is 8.42 Å². The molecule has 196 valence electrons. The molecule has 1 amide bonds. The van der Waals surface area contributed by atoms with E-state index in [-0.39, 0.29) is 32.7 Å². The Balaban J connectivity index is 1.85. The van der Waals surface area contributed by atoms with E-state index >= 15 is 0 Å². The van der Waals surface area contributed by atoms with E-state index in [1.165, 1.54) is 25.3 Å². The lowest BCUT2D eigenvalue weighted by Crippen LogP contribution is -2.12. The predicted molar refractivity (Wildman–Crippen MR) is 146 cm³/mol. The topological polar surface area (TPSA) is 138 Å². The van der Waals surface area contributed by atoms with Crippen LogP contribution in [-0.4, -0.2) is 31.1 Å². The maximum atomic E-state index is 13.2. The summed E-state index contributed by atoms with van der Waals surface area (Å²) in [5.74, 6) is -0.776. The lowest BCUT2D eigenvalue weighted by molar-refractivity contribution is 0.102. The number of halogens is 2. The third-order valence-electron chi connectivity index (χ3n) is 5.74. The second-order valence-corrected chi connectivity index (χ2v) is 10.2. The molecule has 0 unspecified atom stereocenters. The third kappa shape index (κ3) is 5.30. The summed E-state index contributed by atoms with van der Waals surface area (Å²) in [5, 5.41) is 23.0. The van der Waals surface area contributed by atoms with Gasteiger partial charge in [0.2, 0.25) is 0 Å². The monoisotopic (exact) mass is 573 g/mol. The average molecular weight is 574 g/mol. The zero-order valence-corrected chi connectivity index (χ0v) is 22.4. The zero-order valence-electron chi connectivity index (χ0n) is 20.1. The summed E-state index contributed by atoms with van der Waals surface area (Å²) in [6.07, 6.45) is 0.427. The molecule has 0 spiro atoms. The van der Waals surface area contributed by atoms with Crippen molar-refractivity contribution in [2.45, 2.75) is 18.2 Å². The number of aryl methyl sites for hydroxylation is 1. The number of ether oxygens (including phenoxy) is 1. The number of hydrogen-bond donors (Lipinski definition) is 3. The normalized spacial score (nSPS) is 11.7. The molecule has 3 N–H and O–H groups in total. The summed E-state index contributed by atoms with van der Waals surface area (Å²) in [6, 6.07) is 15.9. The Morgan fingerprint density at radius 3 is 2.39 bits per heavy atom. The minimum Gasteiger partial charge on any atom is -0.505 e. The van der Waals surface area contributed by atoms with Crippen LogP contribution in [0.15, 0.2) is 75.8 Å². The van der Waals surface area contributed by atoms with E-state index < -0.39 is 26.7 Å². The van der Waals surface area contributed by atoms with Gasteiger partial charge in [0.15, 0.2) is 5.75 Å². The largest absolute Gasteiger partial charge is 0.505 e. The van der Waals surface area contributed by atoms with Crippen LogP contribution >= 0.6 is 23.2 Å². The molecular weight excluding hydrogens is 553 g/mol. The number of fused-ring (bicyclic) bond motifs is 1. The first kappa shape index (κ1) is 27.3. The Morgan fingerprint density at radius 2 is 1.71 bits per heavy atom. The highest BCUT2D eigenvalue weighted by molar-refractivity contribution is 7.86. The standard InChI is InChI=1S/C26H21Cl2N3O6S/c1-3-14-11-12-20(38(34,35)36)22(28)23(14)30-31-24-16-8-5-4-7-15(16)13-17(25(24)32)26(33)29-18-9-6-10-19(37-2)21(18)27/h4-13,32H,3H2,1-2H3,(H,29,33)(H,34,35,36). The summed E-state index contributed by atoms with van der Waals surface area (Å²) in [6.45, 7) is 1.80. The van der Waals surface area contributed by atoms with Gasteiger partial charge in [-0.15, -0.1) is 10.2 Å². The number of carbonyl (C=O) groups excluding carboxylic acids is 1. The van der Waals surface area contributed by atoms with Crippen molar-refractivity contribution in [2.24, 2.45) is 10.2 Å². The molecule has 4 aromatic rings. The van der Waals surface area contributed by atoms with Crippen LogP contribution in [0.4, 0.5) is 17.1 Å². The molecular formula is C26H21Cl2N3O6S. The summed E-state index contributed by atoms with van der Waals surface area (Å²) >= 11 is 12.6. The lowest BCUT2D eigenvalue weighted by Gasteiger charge is -2.13. The highest BCUT2D eigenvalue weighted by atomic mass is 35.5.